The molecule has 1 aromatic carbocycles. The van der Waals surface area contributed by atoms with E-state index >= 15 is 0 Å². The first kappa shape index (κ1) is 19.7. The van der Waals surface area contributed by atoms with Gasteiger partial charge in [-0.05, 0) is 37.8 Å². The van der Waals surface area contributed by atoms with Gasteiger partial charge in [-0.3, -0.25) is 4.79 Å². The van der Waals surface area contributed by atoms with Gasteiger partial charge in [0.05, 0.1) is 23.8 Å². The number of carbonyl (C=O) groups is 1. The topological polar surface area (TPSA) is 111 Å². The van der Waals surface area contributed by atoms with Crippen LogP contribution in [0, 0.1) is 5.92 Å². The summed E-state index contributed by atoms with van der Waals surface area (Å²) in [5, 5.41) is 19.5. The average Bonchev–Trinajstić information content (AvgIpc) is 3.44. The van der Waals surface area contributed by atoms with Crippen LogP contribution in [0.5, 0.6) is 5.75 Å². The molecule has 3 N–H and O–H groups in total. The Hall–Kier alpha value is -3.25. The minimum Gasteiger partial charge on any atom is -0.503 e. The summed E-state index contributed by atoms with van der Waals surface area (Å²) in [5.41, 5.74) is 10.2. The van der Waals surface area contributed by atoms with Crippen LogP contribution in [0.1, 0.15) is 37.3 Å². The minimum atomic E-state index is -0.0252. The van der Waals surface area contributed by atoms with Gasteiger partial charge in [0, 0.05) is 29.2 Å². The average molecular weight is 434 g/mol. The number of benzene rings is 1. The van der Waals surface area contributed by atoms with Crippen molar-refractivity contribution in [2.45, 2.75) is 31.6 Å². The van der Waals surface area contributed by atoms with Gasteiger partial charge in [-0.2, -0.15) is 14.7 Å². The highest BCUT2D eigenvalue weighted by Crippen LogP contribution is 2.41. The number of para-hydroxylation sites is 1. The number of anilines is 1. The summed E-state index contributed by atoms with van der Waals surface area (Å²) in [5.74, 6) is 0.273. The summed E-state index contributed by atoms with van der Waals surface area (Å²) >= 11 is 0. The minimum absolute atomic E-state index is 0.0252. The number of fused-ring (bicyclic) bond motifs is 1. The van der Waals surface area contributed by atoms with E-state index in [-0.39, 0.29) is 28.9 Å². The van der Waals surface area contributed by atoms with E-state index in [1.165, 1.54) is 4.52 Å². The lowest BCUT2D eigenvalue weighted by molar-refractivity contribution is -0.115. The molecule has 8 nitrogen and oxygen atoms in total. The molecule has 1 saturated carbocycles. The molecule has 0 amide bonds. The fourth-order valence-corrected chi connectivity index (χ4v) is 4.68. The van der Waals surface area contributed by atoms with Gasteiger partial charge in [-0.25, -0.2) is 9.67 Å². The van der Waals surface area contributed by atoms with E-state index in [2.05, 4.69) is 19.4 Å². The first-order chi connectivity index (χ1) is 15.0. The molecule has 9 heteroatoms. The number of aromatic nitrogens is 5. The molecule has 0 aliphatic heterocycles. The molecule has 1 aliphatic carbocycles. The third-order valence-corrected chi connectivity index (χ3v) is 6.59. The predicted octanol–water partition coefficient (Wildman–Crippen LogP) is 3.55. The van der Waals surface area contributed by atoms with E-state index in [0.717, 1.165) is 42.5 Å². The maximum absolute atomic E-state index is 11.7. The van der Waals surface area contributed by atoms with Crippen molar-refractivity contribution in [2.24, 2.45) is 5.92 Å². The Morgan fingerprint density at radius 1 is 1.10 bits per heavy atom. The van der Waals surface area contributed by atoms with E-state index in [1.807, 2.05) is 36.5 Å². The van der Waals surface area contributed by atoms with Crippen LogP contribution in [0.2, 0.25) is 0 Å². The molecule has 158 valence electrons. The lowest BCUT2D eigenvalue weighted by Crippen LogP contribution is -2.19. The molecule has 4 aromatic rings. The number of nitrogens with two attached hydrogens (primary N) is 1. The standard InChI is InChI=1S/C22H23N6O2P/c23-20-19(29)18(13-6-8-14(9-7-13)22(30)31)26-21-17(11-25-28(20)21)15-10-24-27(12-15)16-4-2-1-3-5-16/h1-5,10-14,29H,6-9,23,31H2. The van der Waals surface area contributed by atoms with Gasteiger partial charge in [-0.1, -0.05) is 27.4 Å². The number of nitrogen functional groups attached to an aromatic ring is 1. The monoisotopic (exact) mass is 434 g/mol. The largest absolute Gasteiger partial charge is 0.503 e. The molecule has 0 spiro atoms. The van der Waals surface area contributed by atoms with E-state index < -0.39 is 0 Å². The van der Waals surface area contributed by atoms with Gasteiger partial charge in [0.15, 0.2) is 22.7 Å². The predicted molar refractivity (Wildman–Crippen MR) is 121 cm³/mol. The highest BCUT2D eigenvalue weighted by atomic mass is 31.0. The molecule has 0 bridgehead atoms. The van der Waals surface area contributed by atoms with Crippen LogP contribution in [0.25, 0.3) is 22.5 Å². The van der Waals surface area contributed by atoms with Crippen LogP contribution in [-0.2, 0) is 4.79 Å². The van der Waals surface area contributed by atoms with Gasteiger partial charge in [0.25, 0.3) is 0 Å². The van der Waals surface area contributed by atoms with Gasteiger partial charge < -0.3 is 10.8 Å². The lowest BCUT2D eigenvalue weighted by atomic mass is 9.80. The van der Waals surface area contributed by atoms with Crippen LogP contribution in [0.15, 0.2) is 48.9 Å². The highest BCUT2D eigenvalue weighted by molar-refractivity contribution is 7.40. The molecule has 1 atom stereocenters. The molecule has 5 rings (SSSR count). The molecule has 31 heavy (non-hydrogen) atoms. The first-order valence-electron chi connectivity index (χ1n) is 10.3. The van der Waals surface area contributed by atoms with Crippen LogP contribution in [0.4, 0.5) is 5.82 Å². The zero-order chi connectivity index (χ0) is 21.5. The second-order valence-corrected chi connectivity index (χ2v) is 8.55. The molecule has 0 saturated heterocycles. The molecule has 3 aromatic heterocycles. The summed E-state index contributed by atoms with van der Waals surface area (Å²) in [6.45, 7) is 0. The molecule has 1 unspecified atom stereocenters. The maximum atomic E-state index is 11.7. The normalized spacial score (nSPS) is 19.0. The number of hydrogen-bond donors (Lipinski definition) is 2. The highest BCUT2D eigenvalue weighted by Gasteiger charge is 2.29. The number of hydrogen-bond acceptors (Lipinski definition) is 6. The zero-order valence-electron chi connectivity index (χ0n) is 16.8. The van der Waals surface area contributed by atoms with Crippen molar-refractivity contribution < 1.29 is 9.90 Å². The second-order valence-electron chi connectivity index (χ2n) is 7.98. The van der Waals surface area contributed by atoms with Crippen molar-refractivity contribution in [1.29, 1.82) is 0 Å². The molecule has 1 aliphatic rings. The summed E-state index contributed by atoms with van der Waals surface area (Å²) in [6, 6.07) is 9.85. The van der Waals surface area contributed by atoms with E-state index in [0.29, 0.717) is 11.3 Å². The fraction of sp³-hybridized carbons (Fsp3) is 0.273. The second kappa shape index (κ2) is 7.78. The van der Waals surface area contributed by atoms with E-state index in [4.69, 9.17) is 10.7 Å². The number of carbonyl (C=O) groups excluding carboxylic acids is 1. The number of aromatic hydroxyl groups is 1. The third-order valence-electron chi connectivity index (χ3n) is 6.11. The lowest BCUT2D eigenvalue weighted by Gasteiger charge is -2.27. The smallest absolute Gasteiger partial charge is 0.180 e. The first-order valence-corrected chi connectivity index (χ1v) is 10.9. The van der Waals surface area contributed by atoms with Gasteiger partial charge >= 0.3 is 0 Å². The van der Waals surface area contributed by atoms with Crippen LogP contribution in [0.3, 0.4) is 0 Å². The van der Waals surface area contributed by atoms with Crippen LogP contribution < -0.4 is 5.73 Å². The van der Waals surface area contributed by atoms with E-state index in [1.54, 1.807) is 17.1 Å². The Labute approximate surface area is 181 Å². The fourth-order valence-electron chi connectivity index (χ4n) is 4.35. The zero-order valence-corrected chi connectivity index (χ0v) is 18.0. The van der Waals surface area contributed by atoms with Crippen molar-refractivity contribution in [3.8, 4) is 22.6 Å². The van der Waals surface area contributed by atoms with Crippen molar-refractivity contribution in [1.82, 2.24) is 24.4 Å². The van der Waals surface area contributed by atoms with Crippen molar-refractivity contribution in [3.63, 3.8) is 0 Å². The van der Waals surface area contributed by atoms with Crippen LogP contribution >= 0.6 is 9.24 Å². The summed E-state index contributed by atoms with van der Waals surface area (Å²) < 4.78 is 3.26. The van der Waals surface area contributed by atoms with E-state index in [9.17, 15) is 9.90 Å². The maximum Gasteiger partial charge on any atom is 0.180 e. The third kappa shape index (κ3) is 3.47. The molecule has 0 radical (unpaired) electrons. The Morgan fingerprint density at radius 3 is 2.55 bits per heavy atom. The molecule has 3 heterocycles. The molecule has 1 fully saturated rings. The number of nitrogens with zero attached hydrogens (tertiary/aromatic N) is 5. The quantitative estimate of drug-likeness (QED) is 0.475. The Morgan fingerprint density at radius 2 is 1.84 bits per heavy atom. The Bertz CT molecular complexity index is 1260. The number of rotatable bonds is 4. The van der Waals surface area contributed by atoms with Gasteiger partial charge in [0.2, 0.25) is 0 Å². The molecular formula is C22H23N6O2P. The SMILES string of the molecule is Nc1c(O)c(C2CCC(C(=O)P)CC2)nc2c(-c3cnn(-c4ccccc4)c3)cnn12. The molecular weight excluding hydrogens is 411 g/mol. The van der Waals surface area contributed by atoms with Gasteiger partial charge in [0.1, 0.15) is 0 Å². The van der Waals surface area contributed by atoms with Gasteiger partial charge in [-0.15, -0.1) is 0 Å². The Kier molecular flexibility index (Phi) is 4.94. The van der Waals surface area contributed by atoms with Crippen LogP contribution in [-0.4, -0.2) is 35.0 Å². The Balaban J connectivity index is 1.53. The van der Waals surface area contributed by atoms with Crippen molar-refractivity contribution in [3.05, 3.63) is 54.6 Å². The summed E-state index contributed by atoms with van der Waals surface area (Å²) in [4.78, 5) is 16.5. The summed E-state index contributed by atoms with van der Waals surface area (Å²) in [7, 11) is 2.28. The summed E-state index contributed by atoms with van der Waals surface area (Å²) in [6.07, 6.45) is 8.53. The van der Waals surface area contributed by atoms with Crippen molar-refractivity contribution in [2.75, 3.05) is 5.73 Å². The van der Waals surface area contributed by atoms with Crippen molar-refractivity contribution >= 4 is 26.2 Å².